The quantitative estimate of drug-likeness (QED) is 0.350. The van der Waals surface area contributed by atoms with Crippen LogP contribution in [0.1, 0.15) is 47.9 Å². The van der Waals surface area contributed by atoms with Gasteiger partial charge in [-0.05, 0) is 71.7 Å². The second-order valence-electron chi connectivity index (χ2n) is 9.91. The first kappa shape index (κ1) is 21.6. The molecule has 1 unspecified atom stereocenters. The molecule has 0 aromatic heterocycles. The Kier molecular flexibility index (Phi) is 5.53. The van der Waals surface area contributed by atoms with Gasteiger partial charge < -0.3 is 10.1 Å². The van der Waals surface area contributed by atoms with Gasteiger partial charge in [0, 0.05) is 24.6 Å². The van der Waals surface area contributed by atoms with Crippen LogP contribution in [0, 0.1) is 6.92 Å². The van der Waals surface area contributed by atoms with Gasteiger partial charge in [0.1, 0.15) is 6.10 Å². The molecule has 1 saturated carbocycles. The summed E-state index contributed by atoms with van der Waals surface area (Å²) >= 11 is 0. The minimum atomic E-state index is -0.637. The standard InChI is InChI=1S/C30H31NO3/c1-20-7-9-22(10-8-20)21(2)29-19-32-30(34-33-29)15-13-25(14-16-30)31-26-11-12-28-24(18-26)17-23-5-3-4-6-27(23)28/h3-12,18,25,29,31H,2,13-17,19H2,1H3. The maximum Gasteiger partial charge on any atom is 0.201 e. The topological polar surface area (TPSA) is 39.7 Å². The summed E-state index contributed by atoms with van der Waals surface area (Å²) in [4.78, 5) is 11.7. The molecular formula is C30H31NO3. The predicted molar refractivity (Wildman–Crippen MR) is 135 cm³/mol. The third-order valence-corrected chi connectivity index (χ3v) is 7.54. The number of hydrogen-bond donors (Lipinski definition) is 1. The summed E-state index contributed by atoms with van der Waals surface area (Å²) < 4.78 is 6.24. The number of aryl methyl sites for hydroxylation is 1. The van der Waals surface area contributed by atoms with Crippen molar-refractivity contribution in [2.75, 3.05) is 11.9 Å². The van der Waals surface area contributed by atoms with Crippen LogP contribution in [0.5, 0.6) is 0 Å². The smallest absolute Gasteiger partial charge is 0.201 e. The second-order valence-corrected chi connectivity index (χ2v) is 9.91. The Bertz CT molecular complexity index is 1200. The Hall–Kier alpha value is -2.92. The van der Waals surface area contributed by atoms with E-state index in [-0.39, 0.29) is 6.10 Å². The van der Waals surface area contributed by atoms with Gasteiger partial charge in [-0.25, -0.2) is 9.78 Å². The highest BCUT2D eigenvalue weighted by Crippen LogP contribution is 2.40. The summed E-state index contributed by atoms with van der Waals surface area (Å²) in [6, 6.07) is 24.2. The Morgan fingerprint density at radius 3 is 2.47 bits per heavy atom. The first-order chi connectivity index (χ1) is 16.6. The molecule has 6 rings (SSSR count). The number of hydrogen-bond acceptors (Lipinski definition) is 4. The molecule has 4 nitrogen and oxygen atoms in total. The fourth-order valence-corrected chi connectivity index (χ4v) is 5.44. The lowest BCUT2D eigenvalue weighted by Gasteiger charge is -2.43. The van der Waals surface area contributed by atoms with E-state index < -0.39 is 5.79 Å². The van der Waals surface area contributed by atoms with E-state index in [1.54, 1.807) is 0 Å². The molecule has 1 spiro atoms. The molecule has 0 bridgehead atoms. The summed E-state index contributed by atoms with van der Waals surface area (Å²) in [6.07, 6.45) is 4.31. The van der Waals surface area contributed by atoms with E-state index in [1.807, 2.05) is 0 Å². The predicted octanol–water partition coefficient (Wildman–Crippen LogP) is 6.68. The van der Waals surface area contributed by atoms with Gasteiger partial charge in [-0.3, -0.25) is 0 Å². The molecule has 0 amide bonds. The lowest BCUT2D eigenvalue weighted by atomic mass is 9.89. The number of fused-ring (bicyclic) bond motifs is 3. The number of benzene rings is 3. The average Bonchev–Trinajstić information content (AvgIpc) is 3.24. The largest absolute Gasteiger partial charge is 0.382 e. The molecule has 1 aliphatic heterocycles. The maximum absolute atomic E-state index is 6.24. The normalized spacial score (nSPS) is 25.6. The molecule has 4 heteroatoms. The van der Waals surface area contributed by atoms with E-state index in [0.717, 1.165) is 43.2 Å². The highest BCUT2D eigenvalue weighted by Gasteiger charge is 2.43. The zero-order valence-electron chi connectivity index (χ0n) is 19.7. The number of ether oxygens (including phenoxy) is 1. The van der Waals surface area contributed by atoms with Gasteiger partial charge in [0.15, 0.2) is 0 Å². The minimum absolute atomic E-state index is 0.278. The Morgan fingerprint density at radius 1 is 0.941 bits per heavy atom. The van der Waals surface area contributed by atoms with Gasteiger partial charge in [-0.1, -0.05) is 66.7 Å². The van der Waals surface area contributed by atoms with Gasteiger partial charge in [-0.15, -0.1) is 0 Å². The van der Waals surface area contributed by atoms with E-state index in [4.69, 9.17) is 14.5 Å². The van der Waals surface area contributed by atoms with Crippen molar-refractivity contribution in [1.29, 1.82) is 0 Å². The van der Waals surface area contributed by atoms with Crippen LogP contribution in [0.25, 0.3) is 16.7 Å². The van der Waals surface area contributed by atoms with Gasteiger partial charge in [0.25, 0.3) is 0 Å². The average molecular weight is 454 g/mol. The Labute approximate surface area is 201 Å². The fraction of sp³-hybridized carbons (Fsp3) is 0.333. The Morgan fingerprint density at radius 2 is 1.71 bits per heavy atom. The van der Waals surface area contributed by atoms with E-state index in [0.29, 0.717) is 12.6 Å². The molecule has 2 aliphatic carbocycles. The van der Waals surface area contributed by atoms with Crippen molar-refractivity contribution in [2.24, 2.45) is 0 Å². The van der Waals surface area contributed by atoms with Gasteiger partial charge >= 0.3 is 0 Å². The molecule has 1 saturated heterocycles. The molecule has 2 fully saturated rings. The van der Waals surface area contributed by atoms with Crippen molar-refractivity contribution >= 4 is 11.3 Å². The molecule has 1 atom stereocenters. The third kappa shape index (κ3) is 4.07. The number of nitrogens with one attached hydrogen (secondary N) is 1. The lowest BCUT2D eigenvalue weighted by Crippen LogP contribution is -2.49. The first-order valence-corrected chi connectivity index (χ1v) is 12.3. The zero-order chi connectivity index (χ0) is 23.1. The van der Waals surface area contributed by atoms with Crippen LogP contribution in [0.4, 0.5) is 5.69 Å². The molecule has 0 radical (unpaired) electrons. The van der Waals surface area contributed by atoms with Crippen LogP contribution in [-0.4, -0.2) is 24.5 Å². The van der Waals surface area contributed by atoms with Gasteiger partial charge in [-0.2, -0.15) is 0 Å². The molecule has 3 aromatic carbocycles. The van der Waals surface area contributed by atoms with Gasteiger partial charge in [0.05, 0.1) is 6.61 Å². The van der Waals surface area contributed by atoms with Gasteiger partial charge in [0.2, 0.25) is 5.79 Å². The van der Waals surface area contributed by atoms with Crippen molar-refractivity contribution in [3.8, 4) is 11.1 Å². The SMILES string of the molecule is C=C(c1ccc(C)cc1)C1COC2(CCC(Nc3ccc4c(c3)Cc3ccccc3-4)CC2)OO1. The highest BCUT2D eigenvalue weighted by molar-refractivity contribution is 5.78. The van der Waals surface area contributed by atoms with Crippen molar-refractivity contribution in [2.45, 2.75) is 57.0 Å². The molecule has 34 heavy (non-hydrogen) atoms. The van der Waals surface area contributed by atoms with Crippen molar-refractivity contribution in [3.63, 3.8) is 0 Å². The monoisotopic (exact) mass is 453 g/mol. The highest BCUT2D eigenvalue weighted by atomic mass is 17.2. The minimum Gasteiger partial charge on any atom is -0.382 e. The van der Waals surface area contributed by atoms with Crippen LogP contribution in [0.3, 0.4) is 0 Å². The number of rotatable bonds is 4. The third-order valence-electron chi connectivity index (χ3n) is 7.54. The van der Waals surface area contributed by atoms with E-state index in [9.17, 15) is 0 Å². The molecule has 3 aromatic rings. The van der Waals surface area contributed by atoms with E-state index in [2.05, 4.69) is 85.5 Å². The summed E-state index contributed by atoms with van der Waals surface area (Å²) in [5, 5.41) is 3.75. The lowest BCUT2D eigenvalue weighted by molar-refractivity contribution is -0.483. The molecule has 1 N–H and O–H groups in total. The van der Waals surface area contributed by atoms with Crippen molar-refractivity contribution < 1.29 is 14.5 Å². The van der Waals surface area contributed by atoms with E-state index in [1.165, 1.54) is 33.5 Å². The summed E-state index contributed by atoms with van der Waals surface area (Å²) in [5.74, 6) is -0.637. The second kappa shape index (κ2) is 8.70. The molecule has 3 aliphatic rings. The summed E-state index contributed by atoms with van der Waals surface area (Å²) in [6.45, 7) is 6.76. The summed E-state index contributed by atoms with van der Waals surface area (Å²) in [7, 11) is 0. The van der Waals surface area contributed by atoms with Crippen LogP contribution in [-0.2, 0) is 20.9 Å². The van der Waals surface area contributed by atoms with E-state index >= 15 is 0 Å². The van der Waals surface area contributed by atoms with Crippen LogP contribution >= 0.6 is 0 Å². The fourth-order valence-electron chi connectivity index (χ4n) is 5.44. The summed E-state index contributed by atoms with van der Waals surface area (Å²) in [5.41, 5.74) is 9.94. The Balaban J connectivity index is 1.03. The number of anilines is 1. The van der Waals surface area contributed by atoms with Crippen molar-refractivity contribution in [3.05, 3.63) is 95.6 Å². The first-order valence-electron chi connectivity index (χ1n) is 12.3. The molecule has 1 heterocycles. The zero-order valence-corrected chi connectivity index (χ0v) is 19.7. The molecular weight excluding hydrogens is 422 g/mol. The van der Waals surface area contributed by atoms with Crippen LogP contribution in [0.15, 0.2) is 73.3 Å². The van der Waals surface area contributed by atoms with Crippen molar-refractivity contribution in [1.82, 2.24) is 0 Å². The van der Waals surface area contributed by atoms with Crippen LogP contribution < -0.4 is 5.32 Å². The maximum atomic E-state index is 6.24. The van der Waals surface area contributed by atoms with Crippen LogP contribution in [0.2, 0.25) is 0 Å². The molecule has 174 valence electrons.